The number of nitrogens with two attached hydrogens (primary N) is 1. The molecule has 2 heterocycles. The van der Waals surface area contributed by atoms with Crippen LogP contribution in [0, 0.1) is 0 Å². The Balaban J connectivity index is 1.75. The number of piperazine rings is 1. The zero-order chi connectivity index (χ0) is 20.6. The standard InChI is InChI=1S/C23H33FN4O/c1-17-15-28(16-18(2)26(17)3)23(27-9-11-29-12-10-27)14-21(24)20(13-22(23)25)19-7-5-4-6-8-19/h4-8,13-14,17-18,22H,9-12,15-16,25H2,1-3H3/t17-,18+,22?,23?. The fourth-order valence-electron chi connectivity index (χ4n) is 5.02. The molecule has 4 rings (SSSR count). The van der Waals surface area contributed by atoms with E-state index in [1.54, 1.807) is 6.08 Å². The summed E-state index contributed by atoms with van der Waals surface area (Å²) in [5, 5.41) is 0. The zero-order valence-electron chi connectivity index (χ0n) is 17.7. The molecule has 0 bridgehead atoms. The molecule has 3 aliphatic rings. The molecule has 6 heteroatoms. The van der Waals surface area contributed by atoms with Crippen LogP contribution in [0.25, 0.3) is 5.57 Å². The van der Waals surface area contributed by atoms with Crippen molar-refractivity contribution in [3.8, 4) is 0 Å². The smallest absolute Gasteiger partial charge is 0.130 e. The number of ether oxygens (including phenoxy) is 1. The first-order valence-corrected chi connectivity index (χ1v) is 10.6. The molecule has 5 nitrogen and oxygen atoms in total. The minimum atomic E-state index is -0.671. The fraction of sp³-hybridized carbons (Fsp3) is 0.565. The third kappa shape index (κ3) is 3.68. The van der Waals surface area contributed by atoms with Gasteiger partial charge in [-0.25, -0.2) is 4.39 Å². The summed E-state index contributed by atoms with van der Waals surface area (Å²) in [6, 6.07) is 10.1. The van der Waals surface area contributed by atoms with Crippen LogP contribution in [-0.2, 0) is 4.74 Å². The Labute approximate surface area is 173 Å². The monoisotopic (exact) mass is 400 g/mol. The van der Waals surface area contributed by atoms with E-state index in [2.05, 4.69) is 35.6 Å². The van der Waals surface area contributed by atoms with Gasteiger partial charge in [0.05, 0.1) is 19.3 Å². The van der Waals surface area contributed by atoms with Crippen LogP contribution >= 0.6 is 0 Å². The Morgan fingerprint density at radius 3 is 2.28 bits per heavy atom. The molecule has 0 amide bonds. The lowest BCUT2D eigenvalue weighted by molar-refractivity contribution is -0.109. The van der Waals surface area contributed by atoms with Gasteiger partial charge in [-0.1, -0.05) is 36.4 Å². The van der Waals surface area contributed by atoms with E-state index in [1.165, 1.54) is 0 Å². The van der Waals surface area contributed by atoms with Gasteiger partial charge < -0.3 is 10.5 Å². The highest BCUT2D eigenvalue weighted by molar-refractivity contribution is 5.79. The van der Waals surface area contributed by atoms with Crippen LogP contribution in [0.2, 0.25) is 0 Å². The summed E-state index contributed by atoms with van der Waals surface area (Å²) in [6.07, 6.45) is 3.71. The molecule has 1 aromatic rings. The van der Waals surface area contributed by atoms with Crippen LogP contribution in [0.5, 0.6) is 0 Å². The van der Waals surface area contributed by atoms with Crippen molar-refractivity contribution in [3.05, 3.63) is 53.9 Å². The van der Waals surface area contributed by atoms with Gasteiger partial charge in [-0.15, -0.1) is 0 Å². The van der Waals surface area contributed by atoms with Gasteiger partial charge in [0, 0.05) is 43.8 Å². The number of hydrogen-bond donors (Lipinski definition) is 1. The molecule has 158 valence electrons. The number of nitrogens with zero attached hydrogens (tertiary/aromatic N) is 3. The van der Waals surface area contributed by atoms with Crippen molar-refractivity contribution in [2.45, 2.75) is 37.6 Å². The molecule has 2 N–H and O–H groups in total. The van der Waals surface area contributed by atoms with Gasteiger partial charge in [0.25, 0.3) is 0 Å². The van der Waals surface area contributed by atoms with Crippen LogP contribution in [0.4, 0.5) is 4.39 Å². The first-order chi connectivity index (χ1) is 13.9. The van der Waals surface area contributed by atoms with Gasteiger partial charge in [-0.05, 0) is 32.5 Å². The van der Waals surface area contributed by atoms with Crippen LogP contribution in [0.15, 0.2) is 48.3 Å². The number of benzene rings is 1. The predicted molar refractivity (Wildman–Crippen MR) is 115 cm³/mol. The summed E-state index contributed by atoms with van der Waals surface area (Å²) < 4.78 is 21.2. The molecule has 0 spiro atoms. The molecule has 2 aliphatic heterocycles. The Hall–Kier alpha value is -1.57. The second-order valence-electron chi connectivity index (χ2n) is 8.62. The molecule has 29 heavy (non-hydrogen) atoms. The molecule has 0 saturated carbocycles. The van der Waals surface area contributed by atoms with Crippen molar-refractivity contribution in [1.82, 2.24) is 14.7 Å². The van der Waals surface area contributed by atoms with E-state index in [9.17, 15) is 0 Å². The average Bonchev–Trinajstić information content (AvgIpc) is 2.74. The summed E-state index contributed by atoms with van der Waals surface area (Å²) in [4.78, 5) is 7.11. The molecular weight excluding hydrogens is 367 g/mol. The van der Waals surface area contributed by atoms with Crippen molar-refractivity contribution in [1.29, 1.82) is 0 Å². The van der Waals surface area contributed by atoms with Crippen molar-refractivity contribution < 1.29 is 9.13 Å². The summed E-state index contributed by atoms with van der Waals surface area (Å²) in [5.41, 5.74) is 7.66. The first-order valence-electron chi connectivity index (χ1n) is 10.6. The van der Waals surface area contributed by atoms with Crippen LogP contribution in [0.1, 0.15) is 19.4 Å². The highest BCUT2D eigenvalue weighted by atomic mass is 19.1. The van der Waals surface area contributed by atoms with Gasteiger partial charge in [0.1, 0.15) is 11.5 Å². The first kappa shape index (κ1) is 20.7. The van der Waals surface area contributed by atoms with E-state index >= 15 is 4.39 Å². The zero-order valence-corrected chi connectivity index (χ0v) is 17.7. The molecule has 2 saturated heterocycles. The largest absolute Gasteiger partial charge is 0.379 e. The van der Waals surface area contributed by atoms with E-state index in [1.807, 2.05) is 36.4 Å². The average molecular weight is 401 g/mol. The van der Waals surface area contributed by atoms with E-state index in [0.29, 0.717) is 30.9 Å². The molecule has 2 fully saturated rings. The second-order valence-corrected chi connectivity index (χ2v) is 8.62. The quantitative estimate of drug-likeness (QED) is 0.844. The topological polar surface area (TPSA) is 45.0 Å². The molecule has 0 radical (unpaired) electrons. The Morgan fingerprint density at radius 2 is 1.66 bits per heavy atom. The van der Waals surface area contributed by atoms with Crippen molar-refractivity contribution in [2.75, 3.05) is 46.4 Å². The Bertz CT molecular complexity index is 764. The molecule has 1 aliphatic carbocycles. The van der Waals surface area contributed by atoms with Gasteiger partial charge in [0.15, 0.2) is 0 Å². The van der Waals surface area contributed by atoms with Gasteiger partial charge >= 0.3 is 0 Å². The lowest BCUT2D eigenvalue weighted by Gasteiger charge is -2.57. The summed E-state index contributed by atoms with van der Waals surface area (Å²) >= 11 is 0. The number of allylic oxidation sites excluding steroid dienone is 2. The molecule has 4 atom stereocenters. The Kier molecular flexibility index (Phi) is 5.91. The number of hydrogen-bond acceptors (Lipinski definition) is 5. The minimum Gasteiger partial charge on any atom is -0.379 e. The maximum Gasteiger partial charge on any atom is 0.130 e. The van der Waals surface area contributed by atoms with Crippen molar-refractivity contribution in [2.24, 2.45) is 5.73 Å². The highest BCUT2D eigenvalue weighted by Crippen LogP contribution is 2.39. The fourth-order valence-corrected chi connectivity index (χ4v) is 5.02. The number of rotatable bonds is 3. The molecule has 2 unspecified atom stereocenters. The maximum atomic E-state index is 15.6. The predicted octanol–water partition coefficient (Wildman–Crippen LogP) is 2.32. The van der Waals surface area contributed by atoms with Gasteiger partial charge in [0.2, 0.25) is 0 Å². The number of morpholine rings is 1. The summed E-state index contributed by atoms with van der Waals surface area (Å²) in [7, 11) is 2.17. The normalized spacial score (nSPS) is 35.3. The van der Waals surface area contributed by atoms with E-state index in [-0.39, 0.29) is 11.9 Å². The van der Waals surface area contributed by atoms with Crippen LogP contribution in [-0.4, -0.2) is 84.9 Å². The summed E-state index contributed by atoms with van der Waals surface area (Å²) in [6.45, 7) is 8.97. The van der Waals surface area contributed by atoms with Crippen LogP contribution < -0.4 is 5.73 Å². The third-order valence-electron chi connectivity index (χ3n) is 6.90. The van der Waals surface area contributed by atoms with Crippen molar-refractivity contribution in [3.63, 3.8) is 0 Å². The van der Waals surface area contributed by atoms with Crippen molar-refractivity contribution >= 4 is 5.57 Å². The molecule has 0 aromatic heterocycles. The second kappa shape index (κ2) is 8.28. The van der Waals surface area contributed by atoms with E-state index in [4.69, 9.17) is 10.5 Å². The Morgan fingerprint density at radius 1 is 1.03 bits per heavy atom. The van der Waals surface area contributed by atoms with E-state index in [0.717, 1.165) is 31.7 Å². The van der Waals surface area contributed by atoms with E-state index < -0.39 is 5.66 Å². The van der Waals surface area contributed by atoms with Crippen LogP contribution in [0.3, 0.4) is 0 Å². The van der Waals surface area contributed by atoms with Gasteiger partial charge in [-0.2, -0.15) is 0 Å². The highest BCUT2D eigenvalue weighted by Gasteiger charge is 2.50. The minimum absolute atomic E-state index is 0.191. The van der Waals surface area contributed by atoms with Gasteiger partial charge in [-0.3, -0.25) is 14.7 Å². The summed E-state index contributed by atoms with van der Waals surface area (Å²) in [5.74, 6) is -0.191. The maximum absolute atomic E-state index is 15.6. The number of halogens is 1. The number of likely N-dealkylation sites (N-methyl/N-ethyl adjacent to an activating group) is 1. The SMILES string of the molecule is C[C@@H]1CN(C2(N3CCOCC3)C=C(F)C(c3ccccc3)=CC2N)C[C@H](C)N1C. The molecular formula is C23H33FN4O. The third-order valence-corrected chi connectivity index (χ3v) is 6.90. The molecule has 1 aromatic carbocycles. The lowest BCUT2D eigenvalue weighted by Crippen LogP contribution is -2.74. The lowest BCUT2D eigenvalue weighted by atomic mass is 9.84.